The van der Waals surface area contributed by atoms with Crippen LogP contribution in [-0.2, 0) is 10.0 Å². The summed E-state index contributed by atoms with van der Waals surface area (Å²) in [4.78, 5) is 0.0932. The zero-order chi connectivity index (χ0) is 15.5. The minimum atomic E-state index is -3.64. The van der Waals surface area contributed by atoms with E-state index in [-0.39, 0.29) is 16.7 Å². The molecular formula is C13H19BrN2O4S. The molecule has 0 aliphatic carbocycles. The Labute approximate surface area is 133 Å². The zero-order valence-electron chi connectivity index (χ0n) is 12.0. The van der Waals surface area contributed by atoms with Crippen molar-refractivity contribution in [2.75, 3.05) is 27.3 Å². The normalized spacial score (nSPS) is 18.7. The summed E-state index contributed by atoms with van der Waals surface area (Å²) >= 11 is 3.30. The number of methoxy groups -OCH3 is 2. The fourth-order valence-corrected chi connectivity index (χ4v) is 4.17. The van der Waals surface area contributed by atoms with E-state index in [1.54, 1.807) is 6.07 Å². The highest BCUT2D eigenvalue weighted by molar-refractivity contribution is 9.10. The van der Waals surface area contributed by atoms with Gasteiger partial charge in [-0.1, -0.05) is 0 Å². The molecule has 1 saturated heterocycles. The second-order valence-electron chi connectivity index (χ2n) is 4.78. The van der Waals surface area contributed by atoms with E-state index in [1.807, 2.05) is 0 Å². The maximum Gasteiger partial charge on any atom is 0.244 e. The number of ether oxygens (including phenoxy) is 2. The molecule has 21 heavy (non-hydrogen) atoms. The molecule has 1 aromatic rings. The van der Waals surface area contributed by atoms with Crippen molar-refractivity contribution in [2.24, 2.45) is 0 Å². The van der Waals surface area contributed by atoms with E-state index in [1.165, 1.54) is 20.3 Å². The molecule has 2 rings (SSSR count). The van der Waals surface area contributed by atoms with E-state index in [4.69, 9.17) is 9.47 Å². The van der Waals surface area contributed by atoms with Crippen LogP contribution in [-0.4, -0.2) is 41.8 Å². The number of sulfonamides is 1. The number of rotatable bonds is 6. The highest BCUT2D eigenvalue weighted by Crippen LogP contribution is 2.35. The van der Waals surface area contributed by atoms with Crippen LogP contribution in [0.25, 0.3) is 0 Å². The van der Waals surface area contributed by atoms with Crippen LogP contribution in [0.3, 0.4) is 0 Å². The van der Waals surface area contributed by atoms with E-state index < -0.39 is 10.0 Å². The second kappa shape index (κ2) is 6.95. The molecular weight excluding hydrogens is 360 g/mol. The van der Waals surface area contributed by atoms with Gasteiger partial charge < -0.3 is 14.8 Å². The van der Waals surface area contributed by atoms with Crippen molar-refractivity contribution in [3.63, 3.8) is 0 Å². The van der Waals surface area contributed by atoms with Crippen LogP contribution < -0.4 is 19.5 Å². The Bertz CT molecular complexity index is 600. The molecule has 0 bridgehead atoms. The van der Waals surface area contributed by atoms with Gasteiger partial charge in [-0.25, -0.2) is 13.1 Å². The fraction of sp³-hybridized carbons (Fsp3) is 0.538. The molecule has 0 aromatic heterocycles. The first-order valence-corrected chi connectivity index (χ1v) is 8.90. The molecule has 0 spiro atoms. The van der Waals surface area contributed by atoms with Crippen molar-refractivity contribution >= 4 is 26.0 Å². The van der Waals surface area contributed by atoms with E-state index in [0.717, 1.165) is 19.4 Å². The van der Waals surface area contributed by atoms with E-state index in [2.05, 4.69) is 26.0 Å². The Morgan fingerprint density at radius 3 is 2.62 bits per heavy atom. The largest absolute Gasteiger partial charge is 0.495 e. The Morgan fingerprint density at radius 1 is 1.33 bits per heavy atom. The van der Waals surface area contributed by atoms with Gasteiger partial charge in [0.15, 0.2) is 0 Å². The van der Waals surface area contributed by atoms with E-state index in [9.17, 15) is 8.42 Å². The van der Waals surface area contributed by atoms with Crippen molar-refractivity contribution in [3.8, 4) is 11.5 Å². The van der Waals surface area contributed by atoms with Crippen LogP contribution in [0, 0.1) is 0 Å². The summed E-state index contributed by atoms with van der Waals surface area (Å²) in [7, 11) is -0.696. The van der Waals surface area contributed by atoms with Crippen LogP contribution in [0.1, 0.15) is 12.8 Å². The summed E-state index contributed by atoms with van der Waals surface area (Å²) in [5.41, 5.74) is 0. The lowest BCUT2D eigenvalue weighted by atomic mass is 10.2. The Morgan fingerprint density at radius 2 is 2.05 bits per heavy atom. The Balaban J connectivity index is 2.23. The van der Waals surface area contributed by atoms with Gasteiger partial charge in [0.2, 0.25) is 10.0 Å². The molecule has 118 valence electrons. The second-order valence-corrected chi connectivity index (χ2v) is 7.37. The summed E-state index contributed by atoms with van der Waals surface area (Å²) in [6.45, 7) is 1.30. The monoisotopic (exact) mass is 378 g/mol. The number of nitrogens with one attached hydrogen (secondary N) is 2. The van der Waals surface area contributed by atoms with Crippen molar-refractivity contribution in [2.45, 2.75) is 23.8 Å². The van der Waals surface area contributed by atoms with Crippen molar-refractivity contribution in [3.05, 3.63) is 16.6 Å². The van der Waals surface area contributed by atoms with Gasteiger partial charge in [-0.3, -0.25) is 0 Å². The van der Waals surface area contributed by atoms with Gasteiger partial charge in [-0.05, 0) is 41.4 Å². The first kappa shape index (κ1) is 16.5. The summed E-state index contributed by atoms with van der Waals surface area (Å²) in [5, 5.41) is 3.25. The minimum absolute atomic E-state index is 0.0932. The van der Waals surface area contributed by atoms with E-state index in [0.29, 0.717) is 16.8 Å². The molecule has 0 saturated carbocycles. The third kappa shape index (κ3) is 3.88. The first-order chi connectivity index (χ1) is 9.97. The molecule has 1 aliphatic rings. The maximum atomic E-state index is 12.4. The molecule has 1 fully saturated rings. The van der Waals surface area contributed by atoms with Crippen LogP contribution in [0.15, 0.2) is 21.5 Å². The Hall–Kier alpha value is -0.830. The number of hydrogen-bond donors (Lipinski definition) is 2. The standard InChI is InChI=1S/C13H19BrN2O4S/c1-19-11-7-12(20-2)13(6-10(11)14)21(17,18)16-8-9-4-3-5-15-9/h6-7,9,15-16H,3-5,8H2,1-2H3. The van der Waals surface area contributed by atoms with Gasteiger partial charge in [-0.15, -0.1) is 0 Å². The molecule has 8 heteroatoms. The lowest BCUT2D eigenvalue weighted by molar-refractivity contribution is 0.384. The lowest BCUT2D eigenvalue weighted by Gasteiger charge is -2.15. The molecule has 0 radical (unpaired) electrons. The Kier molecular flexibility index (Phi) is 5.48. The minimum Gasteiger partial charge on any atom is -0.495 e. The quantitative estimate of drug-likeness (QED) is 0.784. The van der Waals surface area contributed by atoms with Crippen LogP contribution in [0.5, 0.6) is 11.5 Å². The summed E-state index contributed by atoms with van der Waals surface area (Å²) in [5.74, 6) is 0.769. The average molecular weight is 379 g/mol. The van der Waals surface area contributed by atoms with Crippen LogP contribution in [0.2, 0.25) is 0 Å². The maximum absolute atomic E-state index is 12.4. The molecule has 1 aliphatic heterocycles. The van der Waals surface area contributed by atoms with Gasteiger partial charge in [0.25, 0.3) is 0 Å². The molecule has 1 unspecified atom stereocenters. The van der Waals surface area contributed by atoms with Gasteiger partial charge >= 0.3 is 0 Å². The summed E-state index contributed by atoms with van der Waals surface area (Å²) < 4.78 is 38.4. The average Bonchev–Trinajstić information content (AvgIpc) is 2.98. The SMILES string of the molecule is COc1cc(OC)c(S(=O)(=O)NCC2CCCN2)cc1Br. The van der Waals surface area contributed by atoms with Gasteiger partial charge in [0.05, 0.1) is 18.7 Å². The third-order valence-electron chi connectivity index (χ3n) is 3.41. The van der Waals surface area contributed by atoms with Gasteiger partial charge in [0.1, 0.15) is 16.4 Å². The molecule has 0 amide bonds. The predicted molar refractivity (Wildman–Crippen MR) is 83.5 cm³/mol. The van der Waals surface area contributed by atoms with Gasteiger partial charge in [-0.2, -0.15) is 0 Å². The number of hydrogen-bond acceptors (Lipinski definition) is 5. The van der Waals surface area contributed by atoms with Crippen molar-refractivity contribution < 1.29 is 17.9 Å². The lowest BCUT2D eigenvalue weighted by Crippen LogP contribution is -2.37. The van der Waals surface area contributed by atoms with Gasteiger partial charge in [0, 0.05) is 18.7 Å². The van der Waals surface area contributed by atoms with Crippen LogP contribution >= 0.6 is 15.9 Å². The molecule has 1 heterocycles. The number of halogens is 1. The number of benzene rings is 1. The van der Waals surface area contributed by atoms with E-state index >= 15 is 0 Å². The molecule has 1 aromatic carbocycles. The zero-order valence-corrected chi connectivity index (χ0v) is 14.4. The predicted octanol–water partition coefficient (Wildman–Crippen LogP) is 1.50. The summed E-state index contributed by atoms with van der Waals surface area (Å²) in [6.07, 6.45) is 2.05. The molecule has 1 atom stereocenters. The summed E-state index contributed by atoms with van der Waals surface area (Å²) in [6, 6.07) is 3.22. The first-order valence-electron chi connectivity index (χ1n) is 6.62. The van der Waals surface area contributed by atoms with Crippen molar-refractivity contribution in [1.82, 2.24) is 10.0 Å². The van der Waals surface area contributed by atoms with Crippen LogP contribution in [0.4, 0.5) is 0 Å². The topological polar surface area (TPSA) is 76.7 Å². The highest BCUT2D eigenvalue weighted by atomic mass is 79.9. The molecule has 6 nitrogen and oxygen atoms in total. The smallest absolute Gasteiger partial charge is 0.244 e. The highest BCUT2D eigenvalue weighted by Gasteiger charge is 2.24. The van der Waals surface area contributed by atoms with Crippen molar-refractivity contribution in [1.29, 1.82) is 0 Å². The fourth-order valence-electron chi connectivity index (χ4n) is 2.26. The third-order valence-corrected chi connectivity index (χ3v) is 5.47. The molecule has 2 N–H and O–H groups in total.